The number of anilines is 1. The van der Waals surface area contributed by atoms with Crippen LogP contribution in [-0.4, -0.2) is 44.7 Å². The number of rotatable bonds is 6. The van der Waals surface area contributed by atoms with E-state index in [1.807, 2.05) is 43.3 Å². The Labute approximate surface area is 147 Å². The van der Waals surface area contributed by atoms with Crippen molar-refractivity contribution in [3.05, 3.63) is 65.2 Å². The van der Waals surface area contributed by atoms with Crippen LogP contribution in [0.3, 0.4) is 0 Å². The highest BCUT2D eigenvalue weighted by molar-refractivity contribution is 5.96. The lowest BCUT2D eigenvalue weighted by atomic mass is 10.1. The maximum absolute atomic E-state index is 12.1. The summed E-state index contributed by atoms with van der Waals surface area (Å²) in [5.74, 6) is -0.774. The van der Waals surface area contributed by atoms with Crippen LogP contribution in [0.2, 0.25) is 0 Å². The van der Waals surface area contributed by atoms with Gasteiger partial charge in [-0.1, -0.05) is 12.1 Å². The Morgan fingerprint density at radius 2 is 1.60 bits per heavy atom. The third-order valence-electron chi connectivity index (χ3n) is 3.82. The summed E-state index contributed by atoms with van der Waals surface area (Å²) in [5.41, 5.74) is 2.54. The van der Waals surface area contributed by atoms with Crippen molar-refractivity contribution in [3.63, 3.8) is 0 Å². The Bertz CT molecular complexity index is 724. The number of hydrogen-bond acceptors (Lipinski definition) is 5. The maximum Gasteiger partial charge on any atom is 0.337 e. The fourth-order valence-corrected chi connectivity index (χ4v) is 2.28. The fourth-order valence-electron chi connectivity index (χ4n) is 2.28. The molecular formula is C19H22N2O4. The normalized spacial score (nSPS) is 11.5. The predicted octanol–water partition coefficient (Wildman–Crippen LogP) is 2.00. The molecule has 0 heterocycles. The molecule has 0 aliphatic heterocycles. The van der Waals surface area contributed by atoms with Gasteiger partial charge >= 0.3 is 5.97 Å². The zero-order valence-corrected chi connectivity index (χ0v) is 14.5. The summed E-state index contributed by atoms with van der Waals surface area (Å²) < 4.78 is 4.61. The van der Waals surface area contributed by atoms with E-state index < -0.39 is 12.1 Å². The molecule has 2 N–H and O–H groups in total. The minimum atomic E-state index is -0.797. The van der Waals surface area contributed by atoms with Gasteiger partial charge in [0.05, 0.1) is 18.8 Å². The van der Waals surface area contributed by atoms with Crippen molar-refractivity contribution < 1.29 is 19.4 Å². The Balaban J connectivity index is 1.93. The number of nitrogens with one attached hydrogen (secondary N) is 1. The highest BCUT2D eigenvalue weighted by Crippen LogP contribution is 2.17. The Morgan fingerprint density at radius 1 is 1.04 bits per heavy atom. The van der Waals surface area contributed by atoms with Crippen LogP contribution < -0.4 is 10.2 Å². The molecule has 0 radical (unpaired) electrons. The lowest BCUT2D eigenvalue weighted by Crippen LogP contribution is -2.28. The van der Waals surface area contributed by atoms with Gasteiger partial charge in [-0.3, -0.25) is 4.79 Å². The van der Waals surface area contributed by atoms with Gasteiger partial charge in [-0.15, -0.1) is 0 Å². The summed E-state index contributed by atoms with van der Waals surface area (Å²) in [6, 6.07) is 13.6. The maximum atomic E-state index is 12.1. The first-order valence-corrected chi connectivity index (χ1v) is 7.84. The molecule has 2 aromatic rings. The number of benzene rings is 2. The molecule has 0 aliphatic rings. The van der Waals surface area contributed by atoms with E-state index in [4.69, 9.17) is 0 Å². The van der Waals surface area contributed by atoms with Gasteiger partial charge in [0.1, 0.15) is 0 Å². The Kier molecular flexibility index (Phi) is 6.14. The summed E-state index contributed by atoms with van der Waals surface area (Å²) in [5, 5.41) is 12.9. The molecule has 6 nitrogen and oxygen atoms in total. The van der Waals surface area contributed by atoms with Crippen molar-refractivity contribution >= 4 is 17.6 Å². The van der Waals surface area contributed by atoms with Gasteiger partial charge in [-0.25, -0.2) is 4.79 Å². The molecule has 0 saturated heterocycles. The third-order valence-corrected chi connectivity index (χ3v) is 3.82. The number of aliphatic hydroxyl groups is 1. The Hall–Kier alpha value is -2.86. The molecule has 0 aromatic heterocycles. The summed E-state index contributed by atoms with van der Waals surface area (Å²) in [6.07, 6.45) is -0.797. The summed E-state index contributed by atoms with van der Waals surface area (Å²) in [6.45, 7) is 0.0961. The highest BCUT2D eigenvalue weighted by Gasteiger charge is 2.12. The minimum absolute atomic E-state index is 0.0961. The monoisotopic (exact) mass is 342 g/mol. The van der Waals surface area contributed by atoms with Crippen molar-refractivity contribution in [2.24, 2.45) is 0 Å². The molecule has 25 heavy (non-hydrogen) atoms. The standard InChI is InChI=1S/C19H22N2O4/c1-21(2)16-10-8-13(9-11-16)17(22)12-20-18(23)14-4-6-15(7-5-14)19(24)25-3/h4-11,17,22H,12H2,1-3H3,(H,20,23)/t17-/m1/s1. The predicted molar refractivity (Wildman–Crippen MR) is 95.8 cm³/mol. The van der Waals surface area contributed by atoms with Gasteiger partial charge in [-0.05, 0) is 42.0 Å². The molecule has 0 bridgehead atoms. The molecule has 6 heteroatoms. The van der Waals surface area contributed by atoms with Gasteiger partial charge in [0.2, 0.25) is 0 Å². The molecule has 0 spiro atoms. The zero-order valence-electron chi connectivity index (χ0n) is 14.5. The molecule has 0 unspecified atom stereocenters. The minimum Gasteiger partial charge on any atom is -0.465 e. The summed E-state index contributed by atoms with van der Waals surface area (Å²) >= 11 is 0. The zero-order chi connectivity index (χ0) is 18.4. The van der Waals surface area contributed by atoms with E-state index in [0.717, 1.165) is 11.3 Å². The van der Waals surface area contributed by atoms with Crippen LogP contribution in [0.15, 0.2) is 48.5 Å². The molecule has 0 saturated carbocycles. The van der Waals surface area contributed by atoms with Crippen LogP contribution in [0.5, 0.6) is 0 Å². The Morgan fingerprint density at radius 3 is 2.12 bits per heavy atom. The van der Waals surface area contributed by atoms with Gasteiger partial charge in [-0.2, -0.15) is 0 Å². The quantitative estimate of drug-likeness (QED) is 0.785. The van der Waals surface area contributed by atoms with Crippen LogP contribution in [0.1, 0.15) is 32.4 Å². The lowest BCUT2D eigenvalue weighted by molar-refractivity contribution is 0.0600. The van der Waals surface area contributed by atoms with Crippen molar-refractivity contribution in [2.45, 2.75) is 6.10 Å². The topological polar surface area (TPSA) is 78.9 Å². The van der Waals surface area contributed by atoms with Crippen LogP contribution in [0.4, 0.5) is 5.69 Å². The second kappa shape index (κ2) is 8.30. The van der Waals surface area contributed by atoms with E-state index in [2.05, 4.69) is 10.1 Å². The van der Waals surface area contributed by atoms with Gasteiger partial charge < -0.3 is 20.1 Å². The number of hydrogen-bond donors (Lipinski definition) is 2. The second-order valence-corrected chi connectivity index (χ2v) is 5.78. The van der Waals surface area contributed by atoms with Gasteiger partial charge in [0.25, 0.3) is 5.91 Å². The smallest absolute Gasteiger partial charge is 0.337 e. The molecule has 1 amide bonds. The van der Waals surface area contributed by atoms with E-state index in [1.54, 1.807) is 12.1 Å². The van der Waals surface area contributed by atoms with Crippen molar-refractivity contribution in [3.8, 4) is 0 Å². The largest absolute Gasteiger partial charge is 0.465 e. The van der Waals surface area contributed by atoms with Gasteiger partial charge in [0.15, 0.2) is 0 Å². The van der Waals surface area contributed by atoms with Gasteiger partial charge in [0, 0.05) is 31.9 Å². The number of esters is 1. The lowest BCUT2D eigenvalue weighted by Gasteiger charge is -2.15. The number of amides is 1. The first-order chi connectivity index (χ1) is 11.9. The first-order valence-electron chi connectivity index (χ1n) is 7.84. The molecule has 1 atom stereocenters. The summed E-state index contributed by atoms with van der Waals surface area (Å²) in [7, 11) is 5.18. The number of methoxy groups -OCH3 is 1. The molecule has 2 rings (SSSR count). The SMILES string of the molecule is COC(=O)c1ccc(C(=O)NC[C@@H](O)c2ccc(N(C)C)cc2)cc1. The van der Waals surface area contributed by atoms with Crippen LogP contribution in [-0.2, 0) is 4.74 Å². The van der Waals surface area contributed by atoms with E-state index in [9.17, 15) is 14.7 Å². The average Bonchev–Trinajstić information content (AvgIpc) is 2.65. The molecule has 2 aromatic carbocycles. The van der Waals surface area contributed by atoms with E-state index in [0.29, 0.717) is 11.1 Å². The van der Waals surface area contributed by atoms with Crippen molar-refractivity contribution in [1.82, 2.24) is 5.32 Å². The molecule has 132 valence electrons. The molecule has 0 aliphatic carbocycles. The van der Waals surface area contributed by atoms with Crippen LogP contribution >= 0.6 is 0 Å². The number of carbonyl (C=O) groups excluding carboxylic acids is 2. The second-order valence-electron chi connectivity index (χ2n) is 5.78. The fraction of sp³-hybridized carbons (Fsp3) is 0.263. The number of aliphatic hydroxyl groups excluding tert-OH is 1. The van der Waals surface area contributed by atoms with E-state index in [-0.39, 0.29) is 12.5 Å². The van der Waals surface area contributed by atoms with Crippen molar-refractivity contribution in [2.75, 3.05) is 32.6 Å². The van der Waals surface area contributed by atoms with E-state index in [1.165, 1.54) is 19.2 Å². The first kappa shape index (κ1) is 18.5. The van der Waals surface area contributed by atoms with E-state index >= 15 is 0 Å². The van der Waals surface area contributed by atoms with Crippen molar-refractivity contribution in [1.29, 1.82) is 0 Å². The number of ether oxygens (including phenoxy) is 1. The third kappa shape index (κ3) is 4.81. The average molecular weight is 342 g/mol. The molecular weight excluding hydrogens is 320 g/mol. The summed E-state index contributed by atoms with van der Waals surface area (Å²) in [4.78, 5) is 25.5. The highest BCUT2D eigenvalue weighted by atomic mass is 16.5. The molecule has 0 fully saturated rings. The number of carbonyl (C=O) groups is 2. The van der Waals surface area contributed by atoms with Crippen LogP contribution in [0.25, 0.3) is 0 Å². The van der Waals surface area contributed by atoms with Crippen LogP contribution in [0, 0.1) is 0 Å². The number of nitrogens with zero attached hydrogens (tertiary/aromatic N) is 1.